The van der Waals surface area contributed by atoms with E-state index >= 15 is 0 Å². The maximum absolute atomic E-state index is 10.9. The molecule has 0 spiro atoms. The number of hydrogen-bond donors (Lipinski definition) is 3. The Hall–Kier alpha value is -1.30. The van der Waals surface area contributed by atoms with Gasteiger partial charge >= 0.3 is 0 Å². The molecule has 2 aliphatic rings. The van der Waals surface area contributed by atoms with Crippen LogP contribution in [0.1, 0.15) is 44.9 Å². The lowest BCUT2D eigenvalue weighted by Gasteiger charge is -2.29. The SMILES string of the molecule is NC(=O)CN1CCC(N=C(N)NC2CCCCC2)CC1. The van der Waals surface area contributed by atoms with Crippen molar-refractivity contribution in [3.63, 3.8) is 0 Å². The first-order valence-corrected chi connectivity index (χ1v) is 7.74. The molecule has 2 rings (SSSR count). The summed E-state index contributed by atoms with van der Waals surface area (Å²) in [5.41, 5.74) is 11.2. The minimum absolute atomic E-state index is 0.259. The number of rotatable bonds is 4. The maximum Gasteiger partial charge on any atom is 0.231 e. The van der Waals surface area contributed by atoms with Crippen molar-refractivity contribution in [2.24, 2.45) is 16.5 Å². The van der Waals surface area contributed by atoms with Crippen molar-refractivity contribution in [1.82, 2.24) is 10.2 Å². The monoisotopic (exact) mass is 281 g/mol. The zero-order valence-electron chi connectivity index (χ0n) is 12.2. The third kappa shape index (κ3) is 5.00. The van der Waals surface area contributed by atoms with Gasteiger partial charge in [0.25, 0.3) is 0 Å². The highest BCUT2D eigenvalue weighted by Crippen LogP contribution is 2.17. The fourth-order valence-corrected chi connectivity index (χ4v) is 3.12. The summed E-state index contributed by atoms with van der Waals surface area (Å²) in [4.78, 5) is 17.5. The van der Waals surface area contributed by atoms with Gasteiger partial charge in [-0.2, -0.15) is 0 Å². The number of likely N-dealkylation sites (tertiary alicyclic amines) is 1. The molecular formula is C14H27N5O. The van der Waals surface area contributed by atoms with Gasteiger partial charge in [-0.1, -0.05) is 19.3 Å². The Bertz CT molecular complexity index is 343. The predicted octanol–water partition coefficient (Wildman–Crippen LogP) is 0.173. The minimum atomic E-state index is -0.259. The second-order valence-electron chi connectivity index (χ2n) is 5.97. The maximum atomic E-state index is 10.9. The minimum Gasteiger partial charge on any atom is -0.370 e. The normalized spacial score (nSPS) is 23.7. The standard InChI is InChI=1S/C14H27N5O/c15-13(20)10-19-8-6-12(7-9-19)18-14(16)17-11-4-2-1-3-5-11/h11-12H,1-10H2,(H2,15,20)(H3,16,17,18). The molecule has 1 aliphatic carbocycles. The highest BCUT2D eigenvalue weighted by Gasteiger charge is 2.20. The van der Waals surface area contributed by atoms with E-state index in [1.807, 2.05) is 0 Å². The number of aliphatic imine (C=N–C) groups is 1. The van der Waals surface area contributed by atoms with E-state index < -0.39 is 0 Å². The van der Waals surface area contributed by atoms with Crippen molar-refractivity contribution in [1.29, 1.82) is 0 Å². The number of hydrogen-bond acceptors (Lipinski definition) is 3. The molecule has 5 N–H and O–H groups in total. The summed E-state index contributed by atoms with van der Waals surface area (Å²) in [6, 6.07) is 0.776. The van der Waals surface area contributed by atoms with E-state index in [0.717, 1.165) is 25.9 Å². The van der Waals surface area contributed by atoms with Gasteiger partial charge in [-0.15, -0.1) is 0 Å². The summed E-state index contributed by atoms with van der Waals surface area (Å²) in [5, 5.41) is 3.35. The Kier molecular flexibility index (Phi) is 5.64. The molecule has 6 heteroatoms. The Morgan fingerprint density at radius 2 is 1.75 bits per heavy atom. The fraction of sp³-hybridized carbons (Fsp3) is 0.857. The van der Waals surface area contributed by atoms with Crippen LogP contribution in [0.4, 0.5) is 0 Å². The number of nitrogens with two attached hydrogens (primary N) is 2. The zero-order valence-corrected chi connectivity index (χ0v) is 12.2. The molecule has 2 fully saturated rings. The van der Waals surface area contributed by atoms with Gasteiger partial charge in [0.05, 0.1) is 12.6 Å². The average molecular weight is 281 g/mol. The van der Waals surface area contributed by atoms with Crippen LogP contribution in [0.25, 0.3) is 0 Å². The van der Waals surface area contributed by atoms with Crippen LogP contribution in [0.2, 0.25) is 0 Å². The van der Waals surface area contributed by atoms with E-state index in [0.29, 0.717) is 18.5 Å². The summed E-state index contributed by atoms with van der Waals surface area (Å²) in [7, 11) is 0. The molecule has 1 amide bonds. The molecule has 0 aromatic heterocycles. The molecule has 0 aromatic rings. The van der Waals surface area contributed by atoms with Crippen LogP contribution in [0.5, 0.6) is 0 Å². The first-order valence-electron chi connectivity index (χ1n) is 7.74. The smallest absolute Gasteiger partial charge is 0.231 e. The number of guanidine groups is 1. The Labute approximate surface area is 121 Å². The molecule has 1 saturated carbocycles. The second kappa shape index (κ2) is 7.47. The van der Waals surface area contributed by atoms with Gasteiger partial charge in [0.15, 0.2) is 5.96 Å². The average Bonchev–Trinajstić information content (AvgIpc) is 2.41. The van der Waals surface area contributed by atoms with Crippen LogP contribution in [0, 0.1) is 0 Å². The second-order valence-corrected chi connectivity index (χ2v) is 5.97. The van der Waals surface area contributed by atoms with E-state index in [1.54, 1.807) is 0 Å². The molecule has 0 bridgehead atoms. The molecule has 1 saturated heterocycles. The highest BCUT2D eigenvalue weighted by atomic mass is 16.1. The van der Waals surface area contributed by atoms with Crippen molar-refractivity contribution in [2.75, 3.05) is 19.6 Å². The predicted molar refractivity (Wildman–Crippen MR) is 80.3 cm³/mol. The number of piperidine rings is 1. The van der Waals surface area contributed by atoms with Crippen LogP contribution in [0.15, 0.2) is 4.99 Å². The number of carbonyl (C=O) groups excluding carboxylic acids is 1. The van der Waals surface area contributed by atoms with E-state index in [2.05, 4.69) is 15.2 Å². The van der Waals surface area contributed by atoms with Crippen molar-refractivity contribution in [2.45, 2.75) is 57.0 Å². The first-order chi connectivity index (χ1) is 9.63. The van der Waals surface area contributed by atoms with E-state index in [9.17, 15) is 4.79 Å². The number of carbonyl (C=O) groups is 1. The molecule has 0 radical (unpaired) electrons. The van der Waals surface area contributed by atoms with Crippen molar-refractivity contribution < 1.29 is 4.79 Å². The molecule has 1 aliphatic heterocycles. The van der Waals surface area contributed by atoms with E-state index in [4.69, 9.17) is 11.5 Å². The van der Waals surface area contributed by atoms with Crippen LogP contribution in [0.3, 0.4) is 0 Å². The van der Waals surface area contributed by atoms with E-state index in [1.165, 1.54) is 32.1 Å². The molecular weight excluding hydrogens is 254 g/mol. The van der Waals surface area contributed by atoms with Gasteiger partial charge < -0.3 is 16.8 Å². The first kappa shape index (κ1) is 15.1. The van der Waals surface area contributed by atoms with Crippen LogP contribution < -0.4 is 16.8 Å². The fourth-order valence-electron chi connectivity index (χ4n) is 3.12. The van der Waals surface area contributed by atoms with Crippen molar-refractivity contribution in [3.05, 3.63) is 0 Å². The van der Waals surface area contributed by atoms with E-state index in [-0.39, 0.29) is 11.9 Å². The summed E-state index contributed by atoms with van der Waals surface area (Å²) < 4.78 is 0. The number of nitrogens with zero attached hydrogens (tertiary/aromatic N) is 2. The van der Waals surface area contributed by atoms with Crippen molar-refractivity contribution in [3.8, 4) is 0 Å². The third-order valence-electron chi connectivity index (χ3n) is 4.22. The quantitative estimate of drug-likeness (QED) is 0.505. The van der Waals surface area contributed by atoms with Crippen LogP contribution >= 0.6 is 0 Å². The topological polar surface area (TPSA) is 96.7 Å². The van der Waals surface area contributed by atoms with Gasteiger partial charge in [0.2, 0.25) is 5.91 Å². The molecule has 1 heterocycles. The van der Waals surface area contributed by atoms with Gasteiger partial charge in [-0.3, -0.25) is 14.7 Å². The lowest BCUT2D eigenvalue weighted by molar-refractivity contribution is -0.119. The summed E-state index contributed by atoms with van der Waals surface area (Å²) >= 11 is 0. The number of amides is 1. The van der Waals surface area contributed by atoms with Crippen LogP contribution in [-0.2, 0) is 4.79 Å². The Morgan fingerprint density at radius 1 is 1.10 bits per heavy atom. The van der Waals surface area contributed by atoms with Crippen molar-refractivity contribution >= 4 is 11.9 Å². The summed E-state index contributed by atoms with van der Waals surface area (Å²) in [6.45, 7) is 2.09. The van der Waals surface area contributed by atoms with Gasteiger partial charge in [0.1, 0.15) is 0 Å². The van der Waals surface area contributed by atoms with Gasteiger partial charge in [-0.05, 0) is 25.7 Å². The van der Waals surface area contributed by atoms with Crippen LogP contribution in [-0.4, -0.2) is 48.5 Å². The van der Waals surface area contributed by atoms with Gasteiger partial charge in [0, 0.05) is 19.1 Å². The third-order valence-corrected chi connectivity index (χ3v) is 4.22. The molecule has 0 atom stereocenters. The number of primary amides is 1. The van der Waals surface area contributed by atoms with Gasteiger partial charge in [-0.25, -0.2) is 0 Å². The lowest BCUT2D eigenvalue weighted by atomic mass is 9.96. The Balaban J connectivity index is 1.72. The largest absolute Gasteiger partial charge is 0.370 e. The summed E-state index contributed by atoms with van der Waals surface area (Å²) in [6.07, 6.45) is 8.21. The number of nitrogens with one attached hydrogen (secondary N) is 1. The highest BCUT2D eigenvalue weighted by molar-refractivity contribution is 5.78. The molecule has 114 valence electrons. The molecule has 20 heavy (non-hydrogen) atoms. The Morgan fingerprint density at radius 3 is 2.35 bits per heavy atom. The summed E-state index contributed by atoms with van der Waals surface area (Å²) in [5.74, 6) is 0.329. The molecule has 0 aromatic carbocycles. The molecule has 0 unspecified atom stereocenters. The molecule has 6 nitrogen and oxygen atoms in total. The zero-order chi connectivity index (χ0) is 14.4. The lowest BCUT2D eigenvalue weighted by Crippen LogP contribution is -2.44.